The highest BCUT2D eigenvalue weighted by Gasteiger charge is 2.43. The highest BCUT2D eigenvalue weighted by molar-refractivity contribution is 6.30. The first-order valence-electron chi connectivity index (χ1n) is 11.6. The molecule has 2 bridgehead atoms. The predicted molar refractivity (Wildman–Crippen MR) is 130 cm³/mol. The Morgan fingerprint density at radius 2 is 1.68 bits per heavy atom. The molecule has 2 aromatic carbocycles. The zero-order valence-electron chi connectivity index (χ0n) is 18.6. The van der Waals surface area contributed by atoms with Gasteiger partial charge < -0.3 is 9.30 Å². The molecule has 2 aliphatic heterocycles. The van der Waals surface area contributed by atoms with Crippen molar-refractivity contribution in [2.24, 2.45) is 0 Å². The molecular formula is C27H24ClFN4O. The minimum Gasteiger partial charge on any atom is -0.330 e. The minimum absolute atomic E-state index is 0.0871. The van der Waals surface area contributed by atoms with Gasteiger partial charge in [0.15, 0.2) is 0 Å². The largest absolute Gasteiger partial charge is 0.330 e. The molecule has 0 radical (unpaired) electrons. The first-order chi connectivity index (χ1) is 16.6. The summed E-state index contributed by atoms with van der Waals surface area (Å²) < 4.78 is 16.4. The Hall–Kier alpha value is -3.22. The van der Waals surface area contributed by atoms with E-state index in [2.05, 4.69) is 9.30 Å². The van der Waals surface area contributed by atoms with E-state index in [0.717, 1.165) is 55.1 Å². The van der Waals surface area contributed by atoms with Crippen LogP contribution >= 0.6 is 11.6 Å². The molecule has 2 aliphatic rings. The number of hydrogen-bond donors (Lipinski definition) is 0. The molecule has 2 fully saturated rings. The molecule has 6 rings (SSSR count). The smallest absolute Gasteiger partial charge is 0.257 e. The maximum atomic E-state index is 14.3. The number of rotatable bonds is 4. The number of hydrogen-bond acceptors (Lipinski definition) is 3. The monoisotopic (exact) mass is 474 g/mol. The lowest BCUT2D eigenvalue weighted by Crippen LogP contribution is -2.55. The van der Waals surface area contributed by atoms with Crippen molar-refractivity contribution in [2.45, 2.75) is 31.5 Å². The summed E-state index contributed by atoms with van der Waals surface area (Å²) in [6.45, 7) is 2.24. The number of pyridine rings is 1. The summed E-state index contributed by atoms with van der Waals surface area (Å²) >= 11 is 6.12. The van der Waals surface area contributed by atoms with Crippen LogP contribution in [0.25, 0.3) is 16.9 Å². The third kappa shape index (κ3) is 3.67. The zero-order chi connectivity index (χ0) is 23.2. The Morgan fingerprint density at radius 3 is 2.41 bits per heavy atom. The number of halogens is 2. The van der Waals surface area contributed by atoms with Gasteiger partial charge >= 0.3 is 0 Å². The number of amides is 1. The Labute approximate surface area is 202 Å². The fourth-order valence-corrected chi connectivity index (χ4v) is 5.60. The van der Waals surface area contributed by atoms with Gasteiger partial charge in [-0.15, -0.1) is 0 Å². The first-order valence-corrected chi connectivity index (χ1v) is 12.0. The van der Waals surface area contributed by atoms with E-state index < -0.39 is 5.82 Å². The third-order valence-electron chi connectivity index (χ3n) is 7.02. The van der Waals surface area contributed by atoms with Crippen LogP contribution in [0.15, 0.2) is 72.9 Å². The molecule has 0 saturated carbocycles. The molecule has 4 heterocycles. The topological polar surface area (TPSA) is 40.9 Å². The summed E-state index contributed by atoms with van der Waals surface area (Å²) in [5.41, 5.74) is 4.16. The lowest BCUT2D eigenvalue weighted by molar-refractivity contribution is 0.0398. The van der Waals surface area contributed by atoms with Gasteiger partial charge in [-0.1, -0.05) is 41.9 Å². The number of carbonyl (C=O) groups excluding carboxylic acids is 1. The van der Waals surface area contributed by atoms with Crippen molar-refractivity contribution in [1.82, 2.24) is 19.2 Å². The van der Waals surface area contributed by atoms with Crippen molar-refractivity contribution < 1.29 is 9.18 Å². The van der Waals surface area contributed by atoms with Crippen molar-refractivity contribution in [3.05, 3.63) is 95.0 Å². The summed E-state index contributed by atoms with van der Waals surface area (Å²) in [5, 5.41) is 0.696. The van der Waals surface area contributed by atoms with E-state index in [1.165, 1.54) is 6.07 Å². The highest BCUT2D eigenvalue weighted by Crippen LogP contribution is 2.34. The fourth-order valence-electron chi connectivity index (χ4n) is 5.47. The Kier molecular flexibility index (Phi) is 5.35. The number of imidazole rings is 1. The first kappa shape index (κ1) is 21.3. The van der Waals surface area contributed by atoms with E-state index in [1.54, 1.807) is 18.2 Å². The highest BCUT2D eigenvalue weighted by atomic mass is 35.5. The van der Waals surface area contributed by atoms with Gasteiger partial charge in [0.05, 0.1) is 17.0 Å². The molecule has 2 unspecified atom stereocenters. The van der Waals surface area contributed by atoms with Crippen LogP contribution in [0.4, 0.5) is 4.39 Å². The van der Waals surface area contributed by atoms with Gasteiger partial charge in [0.1, 0.15) is 11.5 Å². The molecule has 2 saturated heterocycles. The molecule has 7 heteroatoms. The summed E-state index contributed by atoms with van der Waals surface area (Å²) in [5.74, 6) is -0.644. The van der Waals surface area contributed by atoms with Crippen LogP contribution in [-0.4, -0.2) is 50.3 Å². The minimum atomic E-state index is -0.451. The van der Waals surface area contributed by atoms with E-state index in [1.807, 2.05) is 53.6 Å². The van der Waals surface area contributed by atoms with Crippen molar-refractivity contribution >= 4 is 23.2 Å². The molecule has 4 aromatic rings. The molecule has 2 atom stereocenters. The van der Waals surface area contributed by atoms with Gasteiger partial charge in [0, 0.05) is 48.5 Å². The zero-order valence-corrected chi connectivity index (χ0v) is 19.3. The molecule has 0 aliphatic carbocycles. The number of piperazine rings is 1. The number of nitrogens with zero attached hydrogens (tertiary/aromatic N) is 4. The Balaban J connectivity index is 1.29. The number of aromatic nitrogens is 2. The fraction of sp³-hybridized carbons (Fsp3) is 0.259. The summed E-state index contributed by atoms with van der Waals surface area (Å²) in [4.78, 5) is 22.4. The maximum absolute atomic E-state index is 14.3. The van der Waals surface area contributed by atoms with Crippen molar-refractivity contribution in [3.8, 4) is 11.3 Å². The van der Waals surface area contributed by atoms with Crippen molar-refractivity contribution in [3.63, 3.8) is 0 Å². The Morgan fingerprint density at radius 1 is 0.971 bits per heavy atom. The van der Waals surface area contributed by atoms with Gasteiger partial charge in [-0.05, 0) is 49.2 Å². The maximum Gasteiger partial charge on any atom is 0.257 e. The van der Waals surface area contributed by atoms with Crippen LogP contribution in [-0.2, 0) is 6.54 Å². The van der Waals surface area contributed by atoms with Crippen LogP contribution < -0.4 is 0 Å². The summed E-state index contributed by atoms with van der Waals surface area (Å²) in [6.07, 6.45) is 3.93. The SMILES string of the molecule is O=C(c1ccccc1F)N1C2CCC1CN(Cc1c(-c3ccc(Cl)cc3)nc3ccccn13)C2. The molecule has 0 N–H and O–H groups in total. The van der Waals surface area contributed by atoms with Gasteiger partial charge in [-0.25, -0.2) is 9.37 Å². The molecule has 2 aromatic heterocycles. The lowest BCUT2D eigenvalue weighted by Gasteiger charge is -2.41. The average Bonchev–Trinajstić information content (AvgIpc) is 3.34. The molecule has 34 heavy (non-hydrogen) atoms. The van der Waals surface area contributed by atoms with E-state index >= 15 is 0 Å². The van der Waals surface area contributed by atoms with Gasteiger partial charge in [0.25, 0.3) is 5.91 Å². The molecule has 0 spiro atoms. The average molecular weight is 475 g/mol. The van der Waals surface area contributed by atoms with Crippen LogP contribution in [0.2, 0.25) is 5.02 Å². The van der Waals surface area contributed by atoms with Crippen LogP contribution in [0.1, 0.15) is 28.9 Å². The molecule has 5 nitrogen and oxygen atoms in total. The van der Waals surface area contributed by atoms with Crippen LogP contribution in [0.3, 0.4) is 0 Å². The molecular weight excluding hydrogens is 451 g/mol. The van der Waals surface area contributed by atoms with Gasteiger partial charge in [-0.2, -0.15) is 0 Å². The summed E-state index contributed by atoms with van der Waals surface area (Å²) in [7, 11) is 0. The molecule has 1 amide bonds. The number of benzene rings is 2. The van der Waals surface area contributed by atoms with Crippen molar-refractivity contribution in [2.75, 3.05) is 13.1 Å². The lowest BCUT2D eigenvalue weighted by atomic mass is 10.1. The second-order valence-corrected chi connectivity index (χ2v) is 9.55. The number of fused-ring (bicyclic) bond motifs is 3. The van der Waals surface area contributed by atoms with Gasteiger partial charge in [0.2, 0.25) is 0 Å². The second kappa shape index (κ2) is 8.53. The van der Waals surface area contributed by atoms with Crippen LogP contribution in [0.5, 0.6) is 0 Å². The number of carbonyl (C=O) groups is 1. The van der Waals surface area contributed by atoms with E-state index in [0.29, 0.717) is 5.02 Å². The predicted octanol–water partition coefficient (Wildman–Crippen LogP) is 5.28. The Bertz CT molecular complexity index is 1350. The van der Waals surface area contributed by atoms with Crippen molar-refractivity contribution in [1.29, 1.82) is 0 Å². The molecule has 172 valence electrons. The van der Waals surface area contributed by atoms with E-state index in [-0.39, 0.29) is 23.6 Å². The summed E-state index contributed by atoms with van der Waals surface area (Å²) in [6, 6.07) is 20.2. The third-order valence-corrected chi connectivity index (χ3v) is 7.27. The van der Waals surface area contributed by atoms with E-state index in [9.17, 15) is 9.18 Å². The second-order valence-electron chi connectivity index (χ2n) is 9.11. The quantitative estimate of drug-likeness (QED) is 0.404. The normalized spacial score (nSPS) is 20.2. The van der Waals surface area contributed by atoms with Gasteiger partial charge in [-0.3, -0.25) is 9.69 Å². The standard InChI is InChI=1S/C27H24ClFN4O/c28-19-10-8-18(9-11-19)26-24(32-14-4-3-7-25(32)30-26)17-31-15-20-12-13-21(16-31)33(20)27(34)22-5-1-2-6-23(22)29/h1-11,14,20-21H,12-13,15-17H2. The van der Waals surface area contributed by atoms with E-state index in [4.69, 9.17) is 16.6 Å². The van der Waals surface area contributed by atoms with Crippen LogP contribution in [0, 0.1) is 5.82 Å². The number of likely N-dealkylation sites (tertiary alicyclic amines) is 1.